The van der Waals surface area contributed by atoms with Gasteiger partial charge in [-0.2, -0.15) is 0 Å². The number of fused-ring (bicyclic) bond motifs is 3. The highest BCUT2D eigenvalue weighted by Gasteiger charge is 2.22. The summed E-state index contributed by atoms with van der Waals surface area (Å²) in [6.07, 6.45) is 9.85. The number of allylic oxidation sites excluding steroid dienone is 4. The SMILES string of the molecule is OB(O)C1=CC=C(c2c3ccccc3c(C3=c4ccccc4=CCC3)c3ccccc23)CC1. The van der Waals surface area contributed by atoms with E-state index in [1.54, 1.807) is 0 Å². The first kappa shape index (κ1) is 20.2. The van der Waals surface area contributed by atoms with E-state index in [-0.39, 0.29) is 0 Å². The molecule has 0 saturated heterocycles. The lowest BCUT2D eigenvalue weighted by atomic mass is 9.72. The van der Waals surface area contributed by atoms with Crippen LogP contribution in [0.2, 0.25) is 0 Å². The van der Waals surface area contributed by atoms with Gasteiger partial charge < -0.3 is 10.0 Å². The van der Waals surface area contributed by atoms with E-state index >= 15 is 0 Å². The lowest BCUT2D eigenvalue weighted by molar-refractivity contribution is 0.416. The van der Waals surface area contributed by atoms with Crippen molar-refractivity contribution >= 4 is 45.9 Å². The normalized spacial score (nSPS) is 15.6. The van der Waals surface area contributed by atoms with E-state index < -0.39 is 7.12 Å². The number of benzene rings is 4. The summed E-state index contributed by atoms with van der Waals surface area (Å²) in [5, 5.41) is 26.9. The van der Waals surface area contributed by atoms with Gasteiger partial charge in [-0.15, -0.1) is 0 Å². The molecule has 3 heteroatoms. The van der Waals surface area contributed by atoms with Gasteiger partial charge in [-0.05, 0) is 85.4 Å². The van der Waals surface area contributed by atoms with E-state index in [2.05, 4.69) is 84.9 Å². The largest absolute Gasteiger partial charge is 0.484 e. The van der Waals surface area contributed by atoms with Crippen LogP contribution in [0.15, 0.2) is 90.4 Å². The Balaban J connectivity index is 1.74. The van der Waals surface area contributed by atoms with Gasteiger partial charge in [-0.25, -0.2) is 0 Å². The van der Waals surface area contributed by atoms with Crippen LogP contribution in [0.1, 0.15) is 36.8 Å². The van der Waals surface area contributed by atoms with Crippen molar-refractivity contribution in [1.29, 1.82) is 0 Å². The van der Waals surface area contributed by atoms with Crippen LogP contribution >= 0.6 is 0 Å². The summed E-state index contributed by atoms with van der Waals surface area (Å²) in [5.74, 6) is 0. The third-order valence-electron chi connectivity index (χ3n) is 7.11. The van der Waals surface area contributed by atoms with Gasteiger partial charge in [0.15, 0.2) is 0 Å². The van der Waals surface area contributed by atoms with Crippen molar-refractivity contribution in [1.82, 2.24) is 0 Å². The second-order valence-corrected chi connectivity index (χ2v) is 8.96. The second kappa shape index (κ2) is 8.19. The molecule has 0 aliphatic heterocycles. The van der Waals surface area contributed by atoms with Gasteiger partial charge in [0.2, 0.25) is 0 Å². The Morgan fingerprint density at radius 3 is 1.82 bits per heavy atom. The molecule has 0 amide bonds. The van der Waals surface area contributed by atoms with Crippen molar-refractivity contribution in [2.75, 3.05) is 0 Å². The van der Waals surface area contributed by atoms with Crippen LogP contribution in [0.5, 0.6) is 0 Å². The van der Waals surface area contributed by atoms with Crippen LogP contribution in [-0.2, 0) is 0 Å². The fraction of sp³-hybridized carbons (Fsp3) is 0.133. The Morgan fingerprint density at radius 2 is 1.21 bits per heavy atom. The number of rotatable bonds is 3. The quantitative estimate of drug-likeness (QED) is 0.361. The molecular formula is C30H25BO2. The van der Waals surface area contributed by atoms with Crippen molar-refractivity contribution < 1.29 is 10.0 Å². The first-order chi connectivity index (χ1) is 16.2. The van der Waals surface area contributed by atoms with Gasteiger partial charge in [0.1, 0.15) is 0 Å². The Bertz CT molecular complexity index is 1530. The molecule has 2 N–H and O–H groups in total. The molecule has 0 saturated carbocycles. The lowest BCUT2D eigenvalue weighted by Gasteiger charge is -2.23. The van der Waals surface area contributed by atoms with Crippen molar-refractivity contribution in [2.24, 2.45) is 0 Å². The Kier molecular flexibility index (Phi) is 5.02. The Morgan fingerprint density at radius 1 is 0.606 bits per heavy atom. The molecule has 0 bridgehead atoms. The Hall–Kier alpha value is -3.40. The lowest BCUT2D eigenvalue weighted by Crippen LogP contribution is -2.29. The van der Waals surface area contributed by atoms with Crippen LogP contribution in [0.25, 0.3) is 38.8 Å². The minimum atomic E-state index is -1.38. The standard InChI is InChI=1S/C30H25BO2/c32-31(33)22-18-16-21(17-19-22)29-25-11-3-5-13-27(25)30(28-14-6-4-12-26(28)29)24-15-7-9-20-8-1-2-10-23(20)24/h1-6,8-14,16,18,32-33H,7,15,17,19H2. The van der Waals surface area contributed by atoms with Crippen molar-refractivity contribution in [3.8, 4) is 0 Å². The summed E-state index contributed by atoms with van der Waals surface area (Å²) >= 11 is 0. The molecule has 0 atom stereocenters. The first-order valence-corrected chi connectivity index (χ1v) is 11.7. The molecule has 4 aromatic rings. The first-order valence-electron chi connectivity index (χ1n) is 11.7. The predicted octanol–water partition coefficient (Wildman–Crippen LogP) is 4.88. The summed E-state index contributed by atoms with van der Waals surface area (Å²) in [4.78, 5) is 0. The van der Waals surface area contributed by atoms with Crippen LogP contribution in [0.3, 0.4) is 0 Å². The van der Waals surface area contributed by atoms with Gasteiger partial charge in [-0.3, -0.25) is 0 Å². The molecule has 160 valence electrons. The minimum Gasteiger partial charge on any atom is -0.423 e. The van der Waals surface area contributed by atoms with E-state index in [1.165, 1.54) is 54.3 Å². The topological polar surface area (TPSA) is 40.5 Å². The molecule has 2 aliphatic carbocycles. The summed E-state index contributed by atoms with van der Waals surface area (Å²) < 4.78 is 0. The maximum absolute atomic E-state index is 9.59. The zero-order valence-electron chi connectivity index (χ0n) is 18.5. The smallest absolute Gasteiger partial charge is 0.423 e. The van der Waals surface area contributed by atoms with E-state index in [0.29, 0.717) is 11.9 Å². The molecule has 2 nitrogen and oxygen atoms in total. The zero-order chi connectivity index (χ0) is 22.4. The molecule has 0 radical (unpaired) electrons. The monoisotopic (exact) mass is 428 g/mol. The molecule has 4 aromatic carbocycles. The summed E-state index contributed by atoms with van der Waals surface area (Å²) in [7, 11) is -1.38. The number of hydrogen-bond donors (Lipinski definition) is 2. The third kappa shape index (κ3) is 3.36. The van der Waals surface area contributed by atoms with E-state index in [4.69, 9.17) is 0 Å². The highest BCUT2D eigenvalue weighted by molar-refractivity contribution is 6.50. The van der Waals surface area contributed by atoms with E-state index in [1.807, 2.05) is 6.08 Å². The molecular weight excluding hydrogens is 403 g/mol. The van der Waals surface area contributed by atoms with Crippen molar-refractivity contribution in [2.45, 2.75) is 25.7 Å². The average Bonchev–Trinajstić information content (AvgIpc) is 2.87. The molecule has 6 rings (SSSR count). The van der Waals surface area contributed by atoms with Crippen molar-refractivity contribution in [3.63, 3.8) is 0 Å². The maximum Gasteiger partial charge on any atom is 0.484 e. The van der Waals surface area contributed by atoms with Crippen LogP contribution in [-0.4, -0.2) is 17.2 Å². The molecule has 0 fully saturated rings. The summed E-state index contributed by atoms with van der Waals surface area (Å²) in [5.41, 5.74) is 5.97. The number of hydrogen-bond acceptors (Lipinski definition) is 2. The van der Waals surface area contributed by atoms with Gasteiger partial charge in [-0.1, -0.05) is 91.0 Å². The minimum absolute atomic E-state index is 0.661. The van der Waals surface area contributed by atoms with Crippen LogP contribution < -0.4 is 10.4 Å². The molecule has 0 spiro atoms. The molecule has 33 heavy (non-hydrogen) atoms. The Labute approximate surface area is 193 Å². The van der Waals surface area contributed by atoms with Crippen LogP contribution in [0.4, 0.5) is 0 Å². The fourth-order valence-corrected chi connectivity index (χ4v) is 5.59. The van der Waals surface area contributed by atoms with E-state index in [9.17, 15) is 10.0 Å². The van der Waals surface area contributed by atoms with Gasteiger partial charge in [0.25, 0.3) is 0 Å². The summed E-state index contributed by atoms with van der Waals surface area (Å²) in [6.45, 7) is 0. The van der Waals surface area contributed by atoms with Gasteiger partial charge >= 0.3 is 7.12 Å². The fourth-order valence-electron chi connectivity index (χ4n) is 5.59. The third-order valence-corrected chi connectivity index (χ3v) is 7.11. The molecule has 0 heterocycles. The predicted molar refractivity (Wildman–Crippen MR) is 139 cm³/mol. The summed E-state index contributed by atoms with van der Waals surface area (Å²) in [6, 6.07) is 26.3. The molecule has 0 aromatic heterocycles. The van der Waals surface area contributed by atoms with E-state index in [0.717, 1.165) is 19.3 Å². The zero-order valence-corrected chi connectivity index (χ0v) is 18.5. The molecule has 0 unspecified atom stereocenters. The maximum atomic E-state index is 9.59. The highest BCUT2D eigenvalue weighted by atomic mass is 16.4. The van der Waals surface area contributed by atoms with Gasteiger partial charge in [0.05, 0.1) is 0 Å². The van der Waals surface area contributed by atoms with Gasteiger partial charge in [0, 0.05) is 0 Å². The van der Waals surface area contributed by atoms with Crippen molar-refractivity contribution in [3.05, 3.63) is 112 Å². The van der Waals surface area contributed by atoms with Crippen LogP contribution in [0, 0.1) is 0 Å². The molecule has 2 aliphatic rings. The highest BCUT2D eigenvalue weighted by Crippen LogP contribution is 2.42. The second-order valence-electron chi connectivity index (χ2n) is 8.96. The average molecular weight is 428 g/mol.